The second-order valence-electron chi connectivity index (χ2n) is 3.64. The van der Waals surface area contributed by atoms with Crippen LogP contribution in [0.5, 0.6) is 0 Å². The van der Waals surface area contributed by atoms with Gasteiger partial charge in [0.2, 0.25) is 0 Å². The van der Waals surface area contributed by atoms with Gasteiger partial charge in [-0.05, 0) is 32.2 Å². The van der Waals surface area contributed by atoms with Crippen LogP contribution in [0.25, 0.3) is 0 Å². The van der Waals surface area contributed by atoms with Crippen LogP contribution in [0.2, 0.25) is 0 Å². The highest BCUT2D eigenvalue weighted by Crippen LogP contribution is 2.21. The van der Waals surface area contributed by atoms with Gasteiger partial charge < -0.3 is 10.1 Å². The minimum Gasteiger partial charge on any atom is -0.463 e. The summed E-state index contributed by atoms with van der Waals surface area (Å²) in [7, 11) is 0. The van der Waals surface area contributed by atoms with Crippen LogP contribution >= 0.6 is 0 Å². The number of carbonyl (C=O) groups is 1. The Morgan fingerprint density at radius 3 is 2.46 bits per heavy atom. The van der Waals surface area contributed by atoms with Crippen molar-refractivity contribution in [1.29, 1.82) is 0 Å². The molecule has 0 amide bonds. The Morgan fingerprint density at radius 1 is 1.38 bits per heavy atom. The van der Waals surface area contributed by atoms with E-state index in [1.165, 1.54) is 6.92 Å². The molecule has 0 aromatic heterocycles. The SMILES string of the molecule is CCN[C@H]1CC[C@H](OC(C)=O)CC1. The van der Waals surface area contributed by atoms with E-state index in [9.17, 15) is 4.79 Å². The molecule has 3 nitrogen and oxygen atoms in total. The molecule has 1 aliphatic rings. The van der Waals surface area contributed by atoms with Crippen LogP contribution < -0.4 is 5.32 Å². The predicted octanol–water partition coefficient (Wildman–Crippen LogP) is 1.47. The highest BCUT2D eigenvalue weighted by molar-refractivity contribution is 5.66. The molecule has 1 aliphatic carbocycles. The van der Waals surface area contributed by atoms with E-state index in [0.717, 1.165) is 32.2 Å². The van der Waals surface area contributed by atoms with E-state index in [0.29, 0.717) is 6.04 Å². The molecule has 0 bridgehead atoms. The van der Waals surface area contributed by atoms with E-state index >= 15 is 0 Å². The maximum atomic E-state index is 10.7. The highest BCUT2D eigenvalue weighted by atomic mass is 16.5. The second kappa shape index (κ2) is 5.22. The molecule has 1 fully saturated rings. The molecule has 0 aromatic carbocycles. The van der Waals surface area contributed by atoms with E-state index in [2.05, 4.69) is 12.2 Å². The third-order valence-corrected chi connectivity index (χ3v) is 2.50. The van der Waals surface area contributed by atoms with Crippen molar-refractivity contribution in [3.8, 4) is 0 Å². The molecule has 0 aromatic rings. The van der Waals surface area contributed by atoms with E-state index < -0.39 is 0 Å². The zero-order chi connectivity index (χ0) is 9.68. The first kappa shape index (κ1) is 10.5. The molecule has 0 aliphatic heterocycles. The molecule has 0 unspecified atom stereocenters. The summed E-state index contributed by atoms with van der Waals surface area (Å²) in [6.07, 6.45) is 4.46. The van der Waals surface area contributed by atoms with Crippen LogP contribution in [0.3, 0.4) is 0 Å². The number of esters is 1. The van der Waals surface area contributed by atoms with Gasteiger partial charge in [0.15, 0.2) is 0 Å². The minimum atomic E-state index is -0.146. The molecule has 1 N–H and O–H groups in total. The Labute approximate surface area is 79.8 Å². The molecule has 1 saturated carbocycles. The Morgan fingerprint density at radius 2 is 2.00 bits per heavy atom. The summed E-state index contributed by atoms with van der Waals surface area (Å²) in [6, 6.07) is 0.636. The van der Waals surface area contributed by atoms with E-state index in [4.69, 9.17) is 4.74 Å². The molecule has 3 heteroatoms. The van der Waals surface area contributed by atoms with Gasteiger partial charge in [0.25, 0.3) is 0 Å². The van der Waals surface area contributed by atoms with Crippen LogP contribution in [0.1, 0.15) is 39.5 Å². The average molecular weight is 185 g/mol. The Hall–Kier alpha value is -0.570. The van der Waals surface area contributed by atoms with Crippen molar-refractivity contribution >= 4 is 5.97 Å². The smallest absolute Gasteiger partial charge is 0.302 e. The third-order valence-electron chi connectivity index (χ3n) is 2.50. The fourth-order valence-corrected chi connectivity index (χ4v) is 1.91. The summed E-state index contributed by atoms with van der Waals surface area (Å²) >= 11 is 0. The number of rotatable bonds is 3. The molecule has 1 rings (SSSR count). The summed E-state index contributed by atoms with van der Waals surface area (Å²) in [5.41, 5.74) is 0. The Bertz CT molecular complexity index is 162. The summed E-state index contributed by atoms with van der Waals surface area (Å²) < 4.78 is 5.15. The second-order valence-corrected chi connectivity index (χ2v) is 3.64. The molecule has 13 heavy (non-hydrogen) atoms. The lowest BCUT2D eigenvalue weighted by Gasteiger charge is -2.28. The number of nitrogens with one attached hydrogen (secondary N) is 1. The third kappa shape index (κ3) is 3.77. The van der Waals surface area contributed by atoms with Gasteiger partial charge in [-0.2, -0.15) is 0 Å². The lowest BCUT2D eigenvalue weighted by Crippen LogP contribution is -2.35. The lowest BCUT2D eigenvalue weighted by molar-refractivity contribution is -0.147. The summed E-state index contributed by atoms with van der Waals surface area (Å²) in [5.74, 6) is -0.146. The maximum absolute atomic E-state index is 10.7. The van der Waals surface area contributed by atoms with Crippen molar-refractivity contribution in [2.45, 2.75) is 51.7 Å². The molecule has 76 valence electrons. The average Bonchev–Trinajstić information content (AvgIpc) is 2.08. The normalized spacial score (nSPS) is 28.5. The summed E-state index contributed by atoms with van der Waals surface area (Å²) in [6.45, 7) is 4.64. The van der Waals surface area contributed by atoms with Crippen LogP contribution in [0.15, 0.2) is 0 Å². The van der Waals surface area contributed by atoms with Crippen molar-refractivity contribution in [3.63, 3.8) is 0 Å². The first-order valence-electron chi connectivity index (χ1n) is 5.13. The van der Waals surface area contributed by atoms with Gasteiger partial charge in [-0.25, -0.2) is 0 Å². The predicted molar refractivity (Wildman–Crippen MR) is 51.5 cm³/mol. The topological polar surface area (TPSA) is 38.3 Å². The number of carbonyl (C=O) groups excluding carboxylic acids is 1. The largest absolute Gasteiger partial charge is 0.463 e. The molecule has 0 heterocycles. The first-order chi connectivity index (χ1) is 6.22. The van der Waals surface area contributed by atoms with Crippen LogP contribution in [0.4, 0.5) is 0 Å². The fraction of sp³-hybridized carbons (Fsp3) is 0.900. The highest BCUT2D eigenvalue weighted by Gasteiger charge is 2.21. The maximum Gasteiger partial charge on any atom is 0.302 e. The van der Waals surface area contributed by atoms with Gasteiger partial charge in [-0.3, -0.25) is 4.79 Å². The van der Waals surface area contributed by atoms with Gasteiger partial charge in [0.1, 0.15) is 6.10 Å². The van der Waals surface area contributed by atoms with Gasteiger partial charge in [-0.15, -0.1) is 0 Å². The van der Waals surface area contributed by atoms with Crippen LogP contribution in [-0.2, 0) is 9.53 Å². The fourth-order valence-electron chi connectivity index (χ4n) is 1.91. The number of hydrogen-bond donors (Lipinski definition) is 1. The molecule has 0 atom stereocenters. The standard InChI is InChI=1S/C10H19NO2/c1-3-11-9-4-6-10(7-5-9)13-8(2)12/h9-11H,3-7H2,1-2H3/t9-,10-. The first-order valence-corrected chi connectivity index (χ1v) is 5.13. The zero-order valence-electron chi connectivity index (χ0n) is 8.51. The molecular weight excluding hydrogens is 166 g/mol. The number of ether oxygens (including phenoxy) is 1. The van der Waals surface area contributed by atoms with Crippen molar-refractivity contribution in [1.82, 2.24) is 5.32 Å². The van der Waals surface area contributed by atoms with Crippen LogP contribution in [0, 0.1) is 0 Å². The Balaban J connectivity index is 2.18. The molecule has 0 radical (unpaired) electrons. The molecule has 0 spiro atoms. The summed E-state index contributed by atoms with van der Waals surface area (Å²) in [4.78, 5) is 10.7. The van der Waals surface area contributed by atoms with E-state index in [1.54, 1.807) is 0 Å². The van der Waals surface area contributed by atoms with Gasteiger partial charge in [0, 0.05) is 13.0 Å². The molecular formula is C10H19NO2. The van der Waals surface area contributed by atoms with Crippen molar-refractivity contribution in [3.05, 3.63) is 0 Å². The van der Waals surface area contributed by atoms with Gasteiger partial charge in [-0.1, -0.05) is 6.92 Å². The number of hydrogen-bond acceptors (Lipinski definition) is 3. The van der Waals surface area contributed by atoms with Crippen molar-refractivity contribution in [2.24, 2.45) is 0 Å². The lowest BCUT2D eigenvalue weighted by atomic mass is 9.93. The van der Waals surface area contributed by atoms with Crippen LogP contribution in [-0.4, -0.2) is 24.7 Å². The molecule has 0 saturated heterocycles. The van der Waals surface area contributed by atoms with Crippen molar-refractivity contribution < 1.29 is 9.53 Å². The minimum absolute atomic E-state index is 0.146. The monoisotopic (exact) mass is 185 g/mol. The van der Waals surface area contributed by atoms with Crippen molar-refractivity contribution in [2.75, 3.05) is 6.54 Å². The Kier molecular flexibility index (Phi) is 4.22. The van der Waals surface area contributed by atoms with E-state index in [-0.39, 0.29) is 12.1 Å². The van der Waals surface area contributed by atoms with Gasteiger partial charge >= 0.3 is 5.97 Å². The zero-order valence-corrected chi connectivity index (χ0v) is 8.51. The quantitative estimate of drug-likeness (QED) is 0.677. The van der Waals surface area contributed by atoms with E-state index in [1.807, 2.05) is 0 Å². The van der Waals surface area contributed by atoms with Gasteiger partial charge in [0.05, 0.1) is 0 Å². The summed E-state index contributed by atoms with van der Waals surface area (Å²) in [5, 5.41) is 3.42.